The summed E-state index contributed by atoms with van der Waals surface area (Å²) < 4.78 is 5.31. The van der Waals surface area contributed by atoms with E-state index in [4.69, 9.17) is 4.74 Å². The van der Waals surface area contributed by atoms with E-state index in [2.05, 4.69) is 34.7 Å². The lowest BCUT2D eigenvalue weighted by molar-refractivity contribution is -0.0594. The van der Waals surface area contributed by atoms with Gasteiger partial charge in [0, 0.05) is 48.9 Å². The largest absolute Gasteiger partial charge is 0.388 e. The molecule has 0 radical (unpaired) electrons. The summed E-state index contributed by atoms with van der Waals surface area (Å²) in [5, 5.41) is 17.0. The van der Waals surface area contributed by atoms with Crippen molar-refractivity contribution >= 4 is 17.3 Å². The minimum absolute atomic E-state index is 0.507. The first kappa shape index (κ1) is 17.2. The molecule has 3 N–H and O–H groups in total. The zero-order valence-corrected chi connectivity index (χ0v) is 14.3. The van der Waals surface area contributed by atoms with Crippen molar-refractivity contribution in [2.45, 2.75) is 45.3 Å². The zero-order valence-electron chi connectivity index (χ0n) is 13.5. The Morgan fingerprint density at radius 2 is 2.00 bits per heavy atom. The lowest BCUT2D eigenvalue weighted by Gasteiger charge is -2.32. The minimum atomic E-state index is -0.688. The Morgan fingerprint density at radius 3 is 2.64 bits per heavy atom. The van der Waals surface area contributed by atoms with Gasteiger partial charge in [0.25, 0.3) is 0 Å². The smallest absolute Gasteiger partial charge is 0.191 e. The lowest BCUT2D eigenvalue weighted by atomic mass is 9.94. The highest BCUT2D eigenvalue weighted by molar-refractivity contribution is 7.11. The van der Waals surface area contributed by atoms with Crippen molar-refractivity contribution in [3.05, 3.63) is 21.9 Å². The molecular weight excluding hydrogens is 298 g/mol. The summed E-state index contributed by atoms with van der Waals surface area (Å²) in [7, 11) is 0. The van der Waals surface area contributed by atoms with Crippen LogP contribution in [0.2, 0.25) is 0 Å². The normalized spacial score (nSPS) is 18.2. The van der Waals surface area contributed by atoms with Crippen LogP contribution in [0.5, 0.6) is 0 Å². The Balaban J connectivity index is 1.89. The fourth-order valence-corrected chi connectivity index (χ4v) is 3.25. The predicted molar refractivity (Wildman–Crippen MR) is 91.5 cm³/mol. The zero-order chi connectivity index (χ0) is 15.8. The van der Waals surface area contributed by atoms with Crippen molar-refractivity contribution in [1.82, 2.24) is 10.6 Å². The van der Waals surface area contributed by atoms with Crippen molar-refractivity contribution in [3.8, 4) is 0 Å². The topological polar surface area (TPSA) is 65.9 Å². The molecule has 124 valence electrons. The van der Waals surface area contributed by atoms with Crippen LogP contribution in [0.4, 0.5) is 0 Å². The van der Waals surface area contributed by atoms with Gasteiger partial charge < -0.3 is 20.5 Å². The van der Waals surface area contributed by atoms with Crippen LogP contribution in [0.25, 0.3) is 0 Å². The second kappa shape index (κ2) is 8.50. The number of ether oxygens (including phenoxy) is 1. The second-order valence-corrected chi connectivity index (χ2v) is 6.86. The molecule has 0 aliphatic carbocycles. The Hall–Kier alpha value is -1.11. The average Bonchev–Trinajstić information content (AvgIpc) is 2.99. The van der Waals surface area contributed by atoms with Gasteiger partial charge in [-0.3, -0.25) is 0 Å². The first-order valence-corrected chi connectivity index (χ1v) is 8.87. The average molecular weight is 325 g/mol. The van der Waals surface area contributed by atoms with E-state index < -0.39 is 5.60 Å². The van der Waals surface area contributed by atoms with Crippen molar-refractivity contribution in [2.24, 2.45) is 4.99 Å². The Bertz CT molecular complexity index is 481. The van der Waals surface area contributed by atoms with E-state index in [0.29, 0.717) is 39.1 Å². The van der Waals surface area contributed by atoms with Gasteiger partial charge in [-0.25, -0.2) is 4.99 Å². The summed E-state index contributed by atoms with van der Waals surface area (Å²) >= 11 is 1.81. The van der Waals surface area contributed by atoms with Crippen molar-refractivity contribution in [2.75, 3.05) is 26.3 Å². The van der Waals surface area contributed by atoms with Gasteiger partial charge in [-0.05, 0) is 25.5 Å². The molecule has 1 saturated heterocycles. The van der Waals surface area contributed by atoms with Crippen LogP contribution in [0.15, 0.2) is 17.1 Å². The monoisotopic (exact) mass is 325 g/mol. The predicted octanol–water partition coefficient (Wildman–Crippen LogP) is 1.91. The SMILES string of the molecule is CCNC(=NCc1ccc(CC)s1)NCC1(O)CCOCC1. The van der Waals surface area contributed by atoms with E-state index in [-0.39, 0.29) is 0 Å². The van der Waals surface area contributed by atoms with Gasteiger partial charge in [0.1, 0.15) is 0 Å². The molecule has 2 heterocycles. The molecule has 1 aliphatic heterocycles. The fourth-order valence-electron chi connectivity index (χ4n) is 2.37. The summed E-state index contributed by atoms with van der Waals surface area (Å²) in [5.74, 6) is 0.758. The van der Waals surface area contributed by atoms with E-state index in [1.807, 2.05) is 18.3 Å². The van der Waals surface area contributed by atoms with Crippen LogP contribution >= 0.6 is 11.3 Å². The molecule has 0 amide bonds. The third kappa shape index (κ3) is 5.26. The highest BCUT2D eigenvalue weighted by atomic mass is 32.1. The Kier molecular flexibility index (Phi) is 6.67. The third-order valence-corrected chi connectivity index (χ3v) is 5.03. The highest BCUT2D eigenvalue weighted by Crippen LogP contribution is 2.19. The highest BCUT2D eigenvalue weighted by Gasteiger charge is 2.29. The van der Waals surface area contributed by atoms with Crippen LogP contribution in [-0.4, -0.2) is 43.0 Å². The van der Waals surface area contributed by atoms with Crippen molar-refractivity contribution in [1.29, 1.82) is 0 Å². The van der Waals surface area contributed by atoms with E-state index >= 15 is 0 Å². The molecule has 0 bridgehead atoms. The molecule has 22 heavy (non-hydrogen) atoms. The van der Waals surface area contributed by atoms with E-state index in [1.165, 1.54) is 9.75 Å². The standard InChI is InChI=1S/C16H27N3O2S/c1-3-13-5-6-14(22-13)11-18-15(17-4-2)19-12-16(20)7-9-21-10-8-16/h5-6,20H,3-4,7-12H2,1-2H3,(H2,17,18,19). The molecule has 1 aromatic rings. The molecule has 1 fully saturated rings. The molecule has 0 spiro atoms. The quantitative estimate of drug-likeness (QED) is 0.552. The summed E-state index contributed by atoms with van der Waals surface area (Å²) in [6, 6.07) is 4.31. The first-order chi connectivity index (χ1) is 10.6. The van der Waals surface area contributed by atoms with Crippen LogP contribution in [0, 0.1) is 0 Å². The molecule has 6 heteroatoms. The number of thiophene rings is 1. The number of rotatable bonds is 6. The molecule has 0 aromatic carbocycles. The number of guanidine groups is 1. The van der Waals surface area contributed by atoms with E-state index in [1.54, 1.807) is 0 Å². The molecule has 1 aliphatic rings. The van der Waals surface area contributed by atoms with Gasteiger partial charge in [0.2, 0.25) is 0 Å². The molecule has 0 unspecified atom stereocenters. The Morgan fingerprint density at radius 1 is 1.27 bits per heavy atom. The second-order valence-electron chi connectivity index (χ2n) is 5.61. The maximum Gasteiger partial charge on any atom is 0.191 e. The van der Waals surface area contributed by atoms with Crippen molar-refractivity contribution in [3.63, 3.8) is 0 Å². The van der Waals surface area contributed by atoms with E-state index in [9.17, 15) is 5.11 Å². The van der Waals surface area contributed by atoms with Gasteiger partial charge in [0.15, 0.2) is 5.96 Å². The summed E-state index contributed by atoms with van der Waals surface area (Å²) in [5.41, 5.74) is -0.688. The number of hydrogen-bond acceptors (Lipinski definition) is 4. The third-order valence-electron chi connectivity index (χ3n) is 3.81. The van der Waals surface area contributed by atoms with Gasteiger partial charge in [-0.1, -0.05) is 6.92 Å². The van der Waals surface area contributed by atoms with Crippen LogP contribution in [0.1, 0.15) is 36.4 Å². The van der Waals surface area contributed by atoms with Gasteiger partial charge in [-0.15, -0.1) is 11.3 Å². The number of aliphatic imine (C=N–C) groups is 1. The Labute approximate surface area is 136 Å². The summed E-state index contributed by atoms with van der Waals surface area (Å²) in [4.78, 5) is 7.26. The van der Waals surface area contributed by atoms with Crippen LogP contribution < -0.4 is 10.6 Å². The summed E-state index contributed by atoms with van der Waals surface area (Å²) in [6.07, 6.45) is 2.41. The van der Waals surface area contributed by atoms with E-state index in [0.717, 1.165) is 18.9 Å². The van der Waals surface area contributed by atoms with Gasteiger partial charge in [0.05, 0.1) is 12.1 Å². The number of aliphatic hydroxyl groups is 1. The number of aryl methyl sites for hydroxylation is 1. The molecule has 2 rings (SSSR count). The van der Waals surface area contributed by atoms with Gasteiger partial charge in [-0.2, -0.15) is 0 Å². The summed E-state index contributed by atoms with van der Waals surface area (Å²) in [6.45, 7) is 7.44. The minimum Gasteiger partial charge on any atom is -0.388 e. The molecular formula is C16H27N3O2S. The maximum absolute atomic E-state index is 10.5. The molecule has 0 atom stereocenters. The van der Waals surface area contributed by atoms with Crippen LogP contribution in [-0.2, 0) is 17.7 Å². The van der Waals surface area contributed by atoms with Crippen molar-refractivity contribution < 1.29 is 9.84 Å². The van der Waals surface area contributed by atoms with Gasteiger partial charge >= 0.3 is 0 Å². The maximum atomic E-state index is 10.5. The first-order valence-electron chi connectivity index (χ1n) is 8.05. The number of nitrogens with one attached hydrogen (secondary N) is 2. The number of hydrogen-bond donors (Lipinski definition) is 3. The fraction of sp³-hybridized carbons (Fsp3) is 0.688. The molecule has 0 saturated carbocycles. The number of nitrogens with zero attached hydrogens (tertiary/aromatic N) is 1. The van der Waals surface area contributed by atoms with Crippen LogP contribution in [0.3, 0.4) is 0 Å². The lowest BCUT2D eigenvalue weighted by Crippen LogP contribution is -2.49. The molecule has 1 aromatic heterocycles. The molecule has 5 nitrogen and oxygen atoms in total.